The highest BCUT2D eigenvalue weighted by molar-refractivity contribution is 5.99. The number of rotatable bonds is 5. The van der Waals surface area contributed by atoms with E-state index in [1.807, 2.05) is 25.1 Å². The number of hydrogen-bond acceptors (Lipinski definition) is 4. The van der Waals surface area contributed by atoms with Crippen molar-refractivity contribution in [1.82, 2.24) is 19.9 Å². The molecule has 0 saturated carbocycles. The molecule has 0 atom stereocenters. The molecule has 2 aliphatic rings. The highest BCUT2D eigenvalue weighted by atomic mass is 16.5. The second-order valence-electron chi connectivity index (χ2n) is 12.4. The molecule has 0 amide bonds. The van der Waals surface area contributed by atoms with E-state index in [0.717, 1.165) is 78.2 Å². The van der Waals surface area contributed by atoms with Crippen molar-refractivity contribution in [2.45, 2.75) is 20.8 Å². The van der Waals surface area contributed by atoms with Crippen LogP contribution in [0.3, 0.4) is 0 Å². The van der Waals surface area contributed by atoms with E-state index < -0.39 is 0 Å². The van der Waals surface area contributed by atoms with E-state index in [-0.39, 0.29) is 5.97 Å². The summed E-state index contributed by atoms with van der Waals surface area (Å²) in [4.78, 5) is 30.6. The van der Waals surface area contributed by atoms with E-state index in [1.165, 1.54) is 11.1 Å². The lowest BCUT2D eigenvalue weighted by atomic mass is 10.0. The van der Waals surface area contributed by atoms with E-state index >= 15 is 0 Å². The molecule has 6 nitrogen and oxygen atoms in total. The van der Waals surface area contributed by atoms with Crippen molar-refractivity contribution in [3.63, 3.8) is 0 Å². The molecule has 238 valence electrons. The number of aryl methyl sites for hydroxylation is 2. The number of fused-ring (bicyclic) bond motifs is 8. The van der Waals surface area contributed by atoms with E-state index in [0.29, 0.717) is 12.2 Å². The zero-order valence-electron chi connectivity index (χ0n) is 27.5. The van der Waals surface area contributed by atoms with Crippen LogP contribution in [-0.4, -0.2) is 32.5 Å². The van der Waals surface area contributed by atoms with Crippen LogP contribution in [0.15, 0.2) is 103 Å². The maximum atomic E-state index is 12.9. The lowest BCUT2D eigenvalue weighted by molar-refractivity contribution is 0.0526. The molecule has 2 aliphatic heterocycles. The van der Waals surface area contributed by atoms with E-state index in [9.17, 15) is 4.79 Å². The Labute approximate surface area is 284 Å². The van der Waals surface area contributed by atoms with Gasteiger partial charge in [0, 0.05) is 38.8 Å². The van der Waals surface area contributed by atoms with Gasteiger partial charge in [0.15, 0.2) is 0 Å². The topological polar surface area (TPSA) is 83.7 Å². The van der Waals surface area contributed by atoms with Crippen molar-refractivity contribution < 1.29 is 9.53 Å². The lowest BCUT2D eigenvalue weighted by Gasteiger charge is -2.08. The first kappa shape index (κ1) is 30.1. The van der Waals surface area contributed by atoms with E-state index in [2.05, 4.69) is 127 Å². The van der Waals surface area contributed by atoms with Crippen molar-refractivity contribution in [3.8, 4) is 33.4 Å². The molecule has 0 unspecified atom stereocenters. The highest BCUT2D eigenvalue weighted by Gasteiger charge is 2.18. The van der Waals surface area contributed by atoms with Crippen LogP contribution in [0.5, 0.6) is 0 Å². The predicted octanol–water partition coefficient (Wildman–Crippen LogP) is 10.5. The van der Waals surface area contributed by atoms with Gasteiger partial charge in [-0.1, -0.05) is 71.8 Å². The van der Waals surface area contributed by atoms with Crippen LogP contribution in [-0.2, 0) is 4.74 Å². The number of esters is 1. The fourth-order valence-electron chi connectivity index (χ4n) is 6.51. The van der Waals surface area contributed by atoms with Crippen LogP contribution < -0.4 is 0 Å². The summed E-state index contributed by atoms with van der Waals surface area (Å²) in [6.45, 7) is 6.30. The van der Waals surface area contributed by atoms with Gasteiger partial charge in [-0.3, -0.25) is 0 Å². The molecule has 8 bridgehead atoms. The van der Waals surface area contributed by atoms with Crippen LogP contribution in [0.1, 0.15) is 51.2 Å². The van der Waals surface area contributed by atoms with Crippen molar-refractivity contribution >= 4 is 52.3 Å². The number of benzene rings is 3. The van der Waals surface area contributed by atoms with E-state index in [4.69, 9.17) is 14.7 Å². The zero-order valence-corrected chi connectivity index (χ0v) is 27.5. The third kappa shape index (κ3) is 5.78. The summed E-state index contributed by atoms with van der Waals surface area (Å²) in [6.07, 6.45) is 8.26. The Kier molecular flexibility index (Phi) is 7.61. The zero-order chi connectivity index (χ0) is 33.5. The molecule has 49 heavy (non-hydrogen) atoms. The summed E-state index contributed by atoms with van der Waals surface area (Å²) < 4.78 is 5.37. The summed E-state index contributed by atoms with van der Waals surface area (Å²) in [5.41, 5.74) is 15.8. The van der Waals surface area contributed by atoms with Gasteiger partial charge in [-0.15, -0.1) is 0 Å². The fraction of sp³-hybridized carbons (Fsp3) is 0.0930. The van der Waals surface area contributed by atoms with Gasteiger partial charge < -0.3 is 14.7 Å². The molecule has 8 rings (SSSR count). The average Bonchev–Trinajstić information content (AvgIpc) is 3.94. The molecule has 0 aliphatic carbocycles. The number of aromatic nitrogens is 4. The Morgan fingerprint density at radius 2 is 1.14 bits per heavy atom. The molecule has 5 heterocycles. The smallest absolute Gasteiger partial charge is 0.338 e. The molecule has 6 aromatic rings. The van der Waals surface area contributed by atoms with Gasteiger partial charge in [-0.25, -0.2) is 14.8 Å². The van der Waals surface area contributed by atoms with Crippen LogP contribution in [0.2, 0.25) is 0 Å². The maximum absolute atomic E-state index is 12.9. The number of aromatic amines is 2. The van der Waals surface area contributed by atoms with E-state index in [1.54, 1.807) is 6.07 Å². The molecule has 3 aromatic heterocycles. The standard InChI is InChI=1S/C43H34N4O2/c1-4-49-43(48)31-7-5-6-30(24-31)42-38-22-20-36(46-38)40(28-12-8-26(2)9-13-28)34-18-16-32(44-34)25-33-17-19-35(45-33)41(37-21-23-39(42)47-37)29-14-10-27(3)11-15-29/h5-25,44,47H,4H2,1-3H3. The molecule has 2 N–H and O–H groups in total. The van der Waals surface area contributed by atoms with Crippen molar-refractivity contribution in [2.24, 2.45) is 0 Å². The Hall–Kier alpha value is -6.27. The molecule has 0 saturated heterocycles. The van der Waals surface area contributed by atoms with Gasteiger partial charge in [0.1, 0.15) is 0 Å². The van der Waals surface area contributed by atoms with Crippen molar-refractivity contribution in [3.05, 3.63) is 143 Å². The van der Waals surface area contributed by atoms with Crippen molar-refractivity contribution in [2.75, 3.05) is 6.61 Å². The first-order chi connectivity index (χ1) is 23.9. The third-order valence-electron chi connectivity index (χ3n) is 8.92. The number of nitrogens with zero attached hydrogens (tertiary/aromatic N) is 2. The third-order valence-corrected chi connectivity index (χ3v) is 8.92. The monoisotopic (exact) mass is 638 g/mol. The quantitative estimate of drug-likeness (QED) is 0.184. The van der Waals surface area contributed by atoms with Crippen LogP contribution in [0.4, 0.5) is 0 Å². The largest absolute Gasteiger partial charge is 0.462 e. The fourth-order valence-corrected chi connectivity index (χ4v) is 6.51. The minimum Gasteiger partial charge on any atom is -0.462 e. The minimum absolute atomic E-state index is 0.304. The SMILES string of the molecule is CCOC(=O)c1cccc(-c2c3nc(c(-c4ccc(C)cc4)c4ccc(cc5nc(c(-c6ccc(C)cc6)c6ccc2[nH]6)C=C5)[nH]4)C=C3)c1. The number of ether oxygens (including phenoxy) is 1. The predicted molar refractivity (Wildman–Crippen MR) is 201 cm³/mol. The van der Waals surface area contributed by atoms with Gasteiger partial charge in [-0.2, -0.15) is 0 Å². The van der Waals surface area contributed by atoms with Crippen LogP contribution in [0.25, 0.3) is 79.8 Å². The molecule has 0 spiro atoms. The minimum atomic E-state index is -0.357. The maximum Gasteiger partial charge on any atom is 0.338 e. The second-order valence-corrected chi connectivity index (χ2v) is 12.4. The van der Waals surface area contributed by atoms with Crippen LogP contribution in [0, 0.1) is 13.8 Å². The molecular formula is C43H34N4O2. The molecule has 3 aromatic carbocycles. The Balaban J connectivity index is 1.50. The number of H-pyrrole nitrogens is 2. The summed E-state index contributed by atoms with van der Waals surface area (Å²) in [5.74, 6) is -0.357. The average molecular weight is 639 g/mol. The lowest BCUT2D eigenvalue weighted by Crippen LogP contribution is -2.04. The van der Waals surface area contributed by atoms with Gasteiger partial charge >= 0.3 is 5.97 Å². The summed E-state index contributed by atoms with van der Waals surface area (Å²) >= 11 is 0. The summed E-state index contributed by atoms with van der Waals surface area (Å²) in [6, 6.07) is 35.1. The Morgan fingerprint density at radius 1 is 0.592 bits per heavy atom. The Bertz CT molecular complexity index is 2440. The van der Waals surface area contributed by atoms with Gasteiger partial charge in [0.2, 0.25) is 0 Å². The first-order valence-electron chi connectivity index (χ1n) is 16.5. The highest BCUT2D eigenvalue weighted by Crippen LogP contribution is 2.36. The first-order valence-corrected chi connectivity index (χ1v) is 16.5. The van der Waals surface area contributed by atoms with Gasteiger partial charge in [-0.05, 0) is 104 Å². The number of carbonyl (C=O) groups is 1. The number of carbonyl (C=O) groups excluding carboxylic acids is 1. The second kappa shape index (κ2) is 12.4. The van der Waals surface area contributed by atoms with Gasteiger partial charge in [0.25, 0.3) is 0 Å². The van der Waals surface area contributed by atoms with Crippen molar-refractivity contribution in [1.29, 1.82) is 0 Å². The summed E-state index contributed by atoms with van der Waals surface area (Å²) in [7, 11) is 0. The Morgan fingerprint density at radius 3 is 1.78 bits per heavy atom. The molecule has 6 heteroatoms. The number of nitrogens with one attached hydrogen (secondary N) is 2. The van der Waals surface area contributed by atoms with Gasteiger partial charge in [0.05, 0.1) is 34.9 Å². The van der Waals surface area contributed by atoms with Crippen LogP contribution >= 0.6 is 0 Å². The molecule has 0 radical (unpaired) electrons. The molecule has 0 fully saturated rings. The number of hydrogen-bond donors (Lipinski definition) is 2. The molecular weight excluding hydrogens is 604 g/mol. The normalized spacial score (nSPS) is 12.0. The summed E-state index contributed by atoms with van der Waals surface area (Å²) in [5, 5.41) is 0.